The number of hydrogen-bond acceptors (Lipinski definition) is 5. The molecular weight excluding hydrogens is 248 g/mol. The zero-order valence-electron chi connectivity index (χ0n) is 11.5. The first kappa shape index (κ1) is 14.9. The number of aryl methyl sites for hydroxylation is 1. The Morgan fingerprint density at radius 1 is 1.53 bits per heavy atom. The minimum atomic E-state index is -0.399. The minimum absolute atomic E-state index is 0.0714. The zero-order chi connectivity index (χ0) is 14.6. The molecule has 1 rings (SSSR count). The fourth-order valence-electron chi connectivity index (χ4n) is 1.97. The molecule has 0 N–H and O–H groups in total. The van der Waals surface area contributed by atoms with Crippen LogP contribution in [0.4, 0.5) is 11.4 Å². The lowest BCUT2D eigenvalue weighted by Crippen LogP contribution is -2.29. The number of benzene rings is 1. The molecule has 0 amide bonds. The van der Waals surface area contributed by atoms with E-state index < -0.39 is 4.92 Å². The van der Waals surface area contributed by atoms with E-state index in [9.17, 15) is 14.9 Å². The first-order valence-corrected chi connectivity index (χ1v) is 5.91. The summed E-state index contributed by atoms with van der Waals surface area (Å²) in [6.07, 6.45) is 0. The molecule has 0 aliphatic heterocycles. The molecule has 0 heterocycles. The van der Waals surface area contributed by atoms with Crippen molar-refractivity contribution in [1.29, 1.82) is 0 Å². The predicted octanol–water partition coefficient (Wildman–Crippen LogP) is 2.15. The maximum absolute atomic E-state index is 11.4. The largest absolute Gasteiger partial charge is 0.469 e. The number of ether oxygens (including phenoxy) is 1. The van der Waals surface area contributed by atoms with Crippen LogP contribution in [0.2, 0.25) is 0 Å². The van der Waals surface area contributed by atoms with Crippen molar-refractivity contribution in [1.82, 2.24) is 0 Å². The van der Waals surface area contributed by atoms with Crippen molar-refractivity contribution in [3.63, 3.8) is 0 Å². The number of nitro groups is 1. The van der Waals surface area contributed by atoms with Gasteiger partial charge >= 0.3 is 5.97 Å². The highest BCUT2D eigenvalue weighted by molar-refractivity contribution is 5.73. The van der Waals surface area contributed by atoms with E-state index in [-0.39, 0.29) is 17.6 Å². The van der Waals surface area contributed by atoms with Crippen LogP contribution in [0.1, 0.15) is 12.5 Å². The van der Waals surface area contributed by atoms with Crippen LogP contribution in [0.3, 0.4) is 0 Å². The molecule has 0 aliphatic carbocycles. The van der Waals surface area contributed by atoms with Crippen molar-refractivity contribution in [2.24, 2.45) is 5.92 Å². The molecule has 0 aromatic heterocycles. The number of carbonyl (C=O) groups excluding carboxylic acids is 1. The number of nitrogens with zero attached hydrogens (tertiary/aromatic N) is 2. The van der Waals surface area contributed by atoms with Crippen LogP contribution in [0, 0.1) is 23.0 Å². The van der Waals surface area contributed by atoms with Gasteiger partial charge in [0.05, 0.1) is 18.0 Å². The van der Waals surface area contributed by atoms with Gasteiger partial charge in [-0.25, -0.2) is 0 Å². The van der Waals surface area contributed by atoms with Gasteiger partial charge < -0.3 is 9.64 Å². The molecule has 6 nitrogen and oxygen atoms in total. The van der Waals surface area contributed by atoms with Gasteiger partial charge in [-0.3, -0.25) is 14.9 Å². The fraction of sp³-hybridized carbons (Fsp3) is 0.462. The summed E-state index contributed by atoms with van der Waals surface area (Å²) >= 11 is 0. The van der Waals surface area contributed by atoms with Crippen LogP contribution in [0.15, 0.2) is 18.2 Å². The minimum Gasteiger partial charge on any atom is -0.469 e. The first-order valence-electron chi connectivity index (χ1n) is 5.91. The Kier molecular flexibility index (Phi) is 4.86. The normalized spacial score (nSPS) is 11.8. The molecule has 0 fully saturated rings. The third-order valence-corrected chi connectivity index (χ3v) is 2.96. The number of para-hydroxylation sites is 1. The highest BCUT2D eigenvalue weighted by Crippen LogP contribution is 2.30. The summed E-state index contributed by atoms with van der Waals surface area (Å²) in [4.78, 5) is 23.8. The third-order valence-electron chi connectivity index (χ3n) is 2.96. The molecule has 0 bridgehead atoms. The van der Waals surface area contributed by atoms with Gasteiger partial charge in [0.15, 0.2) is 0 Å². The average molecular weight is 266 g/mol. The number of rotatable bonds is 5. The maximum Gasteiger partial charge on any atom is 0.310 e. The summed E-state index contributed by atoms with van der Waals surface area (Å²) < 4.78 is 4.65. The number of methoxy groups -OCH3 is 1. The summed E-state index contributed by atoms with van der Waals surface area (Å²) in [7, 11) is 3.05. The van der Waals surface area contributed by atoms with Crippen LogP contribution in [0.25, 0.3) is 0 Å². The van der Waals surface area contributed by atoms with Gasteiger partial charge in [-0.15, -0.1) is 0 Å². The number of anilines is 1. The predicted molar refractivity (Wildman–Crippen MR) is 72.3 cm³/mol. The lowest BCUT2D eigenvalue weighted by molar-refractivity contribution is -0.384. The summed E-state index contributed by atoms with van der Waals surface area (Å²) in [5.74, 6) is -0.683. The highest BCUT2D eigenvalue weighted by Gasteiger charge is 2.22. The Bertz CT molecular complexity index is 488. The van der Waals surface area contributed by atoms with Gasteiger partial charge in [-0.1, -0.05) is 19.1 Å². The molecule has 0 radical (unpaired) electrons. The average Bonchev–Trinajstić information content (AvgIpc) is 2.36. The quantitative estimate of drug-likeness (QED) is 0.464. The number of carbonyl (C=O) groups is 1. The Labute approximate surface area is 112 Å². The molecule has 0 saturated carbocycles. The second-order valence-electron chi connectivity index (χ2n) is 4.50. The van der Waals surface area contributed by atoms with E-state index in [0.717, 1.165) is 0 Å². The van der Waals surface area contributed by atoms with Crippen molar-refractivity contribution >= 4 is 17.3 Å². The van der Waals surface area contributed by atoms with Crippen LogP contribution in [-0.4, -0.2) is 31.6 Å². The fourth-order valence-corrected chi connectivity index (χ4v) is 1.97. The summed E-state index contributed by atoms with van der Waals surface area (Å²) in [5, 5.41) is 11.1. The standard InChI is InChI=1S/C13H18N2O4/c1-9-6-5-7-11(12(9)15(17)18)14(3)8-10(2)13(16)19-4/h5-7,10H,8H2,1-4H3. The van der Waals surface area contributed by atoms with Crippen molar-refractivity contribution in [3.05, 3.63) is 33.9 Å². The zero-order valence-corrected chi connectivity index (χ0v) is 11.5. The number of esters is 1. The summed E-state index contributed by atoms with van der Waals surface area (Å²) in [6, 6.07) is 5.13. The third kappa shape index (κ3) is 3.43. The van der Waals surface area contributed by atoms with Crippen molar-refractivity contribution in [3.8, 4) is 0 Å². The second kappa shape index (κ2) is 6.17. The van der Waals surface area contributed by atoms with Gasteiger partial charge in [0.1, 0.15) is 5.69 Å². The SMILES string of the molecule is COC(=O)C(C)CN(C)c1cccc(C)c1[N+](=O)[O-]. The van der Waals surface area contributed by atoms with Crippen LogP contribution >= 0.6 is 0 Å². The Morgan fingerprint density at radius 3 is 2.68 bits per heavy atom. The van der Waals surface area contributed by atoms with E-state index in [1.54, 1.807) is 44.0 Å². The van der Waals surface area contributed by atoms with E-state index in [0.29, 0.717) is 17.8 Å². The van der Waals surface area contributed by atoms with Gasteiger partial charge in [-0.2, -0.15) is 0 Å². The van der Waals surface area contributed by atoms with E-state index in [2.05, 4.69) is 4.74 Å². The lowest BCUT2D eigenvalue weighted by Gasteiger charge is -2.22. The van der Waals surface area contributed by atoms with Crippen LogP contribution < -0.4 is 4.90 Å². The smallest absolute Gasteiger partial charge is 0.310 e. The number of hydrogen-bond donors (Lipinski definition) is 0. The molecule has 0 spiro atoms. The summed E-state index contributed by atoms with van der Waals surface area (Å²) in [5.41, 5.74) is 1.17. The maximum atomic E-state index is 11.4. The van der Waals surface area contributed by atoms with E-state index in [1.807, 2.05) is 0 Å². The Hall–Kier alpha value is -2.11. The molecule has 0 saturated heterocycles. The van der Waals surface area contributed by atoms with Crippen molar-refractivity contribution < 1.29 is 14.5 Å². The highest BCUT2D eigenvalue weighted by atomic mass is 16.6. The van der Waals surface area contributed by atoms with E-state index in [4.69, 9.17) is 0 Å². The second-order valence-corrected chi connectivity index (χ2v) is 4.50. The Balaban J connectivity index is 3.00. The van der Waals surface area contributed by atoms with Gasteiger partial charge in [-0.05, 0) is 13.0 Å². The van der Waals surface area contributed by atoms with E-state index in [1.165, 1.54) is 7.11 Å². The molecule has 6 heteroatoms. The van der Waals surface area contributed by atoms with Crippen LogP contribution in [0.5, 0.6) is 0 Å². The first-order chi connectivity index (χ1) is 8.88. The molecule has 1 atom stereocenters. The lowest BCUT2D eigenvalue weighted by atomic mass is 10.1. The molecule has 1 aromatic rings. The van der Waals surface area contributed by atoms with Crippen molar-refractivity contribution in [2.45, 2.75) is 13.8 Å². The van der Waals surface area contributed by atoms with Crippen molar-refractivity contribution in [2.75, 3.05) is 25.6 Å². The molecule has 104 valence electrons. The number of nitro benzene ring substituents is 1. The molecule has 0 aliphatic rings. The van der Waals surface area contributed by atoms with Gasteiger partial charge in [0.25, 0.3) is 5.69 Å². The van der Waals surface area contributed by atoms with E-state index >= 15 is 0 Å². The molecule has 1 unspecified atom stereocenters. The molecule has 19 heavy (non-hydrogen) atoms. The Morgan fingerprint density at radius 2 is 2.16 bits per heavy atom. The summed E-state index contributed by atoms with van der Waals surface area (Å²) in [6.45, 7) is 3.78. The van der Waals surface area contributed by atoms with Gasteiger partial charge in [0.2, 0.25) is 0 Å². The topological polar surface area (TPSA) is 72.7 Å². The molecular formula is C13H18N2O4. The molecule has 1 aromatic carbocycles. The van der Waals surface area contributed by atoms with Gasteiger partial charge in [0, 0.05) is 19.2 Å². The van der Waals surface area contributed by atoms with Crippen LogP contribution in [-0.2, 0) is 9.53 Å². The monoisotopic (exact) mass is 266 g/mol.